The Morgan fingerprint density at radius 1 is 1.28 bits per heavy atom. The van der Waals surface area contributed by atoms with E-state index in [9.17, 15) is 14.0 Å². The molecular formula is C21H22FN3O2S2. The number of fused-ring (bicyclic) bond motifs is 3. The Morgan fingerprint density at radius 3 is 2.83 bits per heavy atom. The smallest absolute Gasteiger partial charge is 0.262 e. The van der Waals surface area contributed by atoms with Crippen molar-refractivity contribution in [3.8, 4) is 0 Å². The number of benzene rings is 1. The molecule has 29 heavy (non-hydrogen) atoms. The van der Waals surface area contributed by atoms with Crippen molar-refractivity contribution in [2.24, 2.45) is 7.05 Å². The quantitative estimate of drug-likeness (QED) is 0.480. The van der Waals surface area contributed by atoms with Gasteiger partial charge < -0.3 is 5.32 Å². The van der Waals surface area contributed by atoms with Crippen molar-refractivity contribution in [3.63, 3.8) is 0 Å². The van der Waals surface area contributed by atoms with Gasteiger partial charge in [-0.15, -0.1) is 11.3 Å². The number of thioether (sulfide) groups is 1. The molecule has 152 valence electrons. The third-order valence-electron chi connectivity index (χ3n) is 5.14. The maximum atomic E-state index is 12.9. The van der Waals surface area contributed by atoms with Crippen molar-refractivity contribution in [2.45, 2.75) is 37.3 Å². The number of hydrogen-bond donors (Lipinski definition) is 1. The van der Waals surface area contributed by atoms with E-state index in [0.717, 1.165) is 35.0 Å². The fourth-order valence-electron chi connectivity index (χ4n) is 3.57. The normalized spacial score (nSPS) is 13.4. The van der Waals surface area contributed by atoms with Gasteiger partial charge in [-0.1, -0.05) is 23.9 Å². The molecule has 0 radical (unpaired) electrons. The third-order valence-corrected chi connectivity index (χ3v) is 7.35. The fraction of sp³-hybridized carbons (Fsp3) is 0.381. The Bertz CT molecular complexity index is 1110. The highest BCUT2D eigenvalue weighted by Gasteiger charge is 2.21. The number of carbonyl (C=O) groups excluding carboxylic acids is 1. The summed E-state index contributed by atoms with van der Waals surface area (Å²) in [5.41, 5.74) is 2.13. The molecule has 0 unspecified atom stereocenters. The van der Waals surface area contributed by atoms with Crippen molar-refractivity contribution in [1.82, 2.24) is 14.9 Å². The molecular weight excluding hydrogens is 409 g/mol. The molecule has 0 aliphatic heterocycles. The average molecular weight is 432 g/mol. The molecule has 0 atom stereocenters. The average Bonchev–Trinajstić information content (AvgIpc) is 3.09. The lowest BCUT2D eigenvalue weighted by atomic mass is 9.97. The van der Waals surface area contributed by atoms with Gasteiger partial charge in [0.15, 0.2) is 5.16 Å². The van der Waals surface area contributed by atoms with Gasteiger partial charge in [0.25, 0.3) is 5.56 Å². The summed E-state index contributed by atoms with van der Waals surface area (Å²) in [7, 11) is 1.72. The predicted molar refractivity (Wildman–Crippen MR) is 115 cm³/mol. The first kappa shape index (κ1) is 20.1. The van der Waals surface area contributed by atoms with Crippen molar-refractivity contribution in [3.05, 3.63) is 56.4 Å². The van der Waals surface area contributed by atoms with E-state index in [2.05, 4.69) is 10.3 Å². The summed E-state index contributed by atoms with van der Waals surface area (Å²) in [5.74, 6) is -0.187. The number of nitrogens with one attached hydrogen (secondary N) is 1. The Labute approximate surface area is 176 Å². The first-order chi connectivity index (χ1) is 14.0. The fourth-order valence-corrected chi connectivity index (χ4v) is 5.68. The summed E-state index contributed by atoms with van der Waals surface area (Å²) in [4.78, 5) is 31.8. The lowest BCUT2D eigenvalue weighted by molar-refractivity contribution is -0.118. The summed E-state index contributed by atoms with van der Waals surface area (Å²) in [6.07, 6.45) is 4.91. The molecule has 0 fully saturated rings. The second-order valence-electron chi connectivity index (χ2n) is 7.16. The van der Waals surface area contributed by atoms with Gasteiger partial charge in [-0.3, -0.25) is 14.2 Å². The summed E-state index contributed by atoms with van der Waals surface area (Å²) in [6, 6.07) is 6.26. The molecule has 1 aliphatic carbocycles. The summed E-state index contributed by atoms with van der Waals surface area (Å²) < 4.78 is 14.5. The summed E-state index contributed by atoms with van der Waals surface area (Å²) in [6.45, 7) is 0.480. The van der Waals surface area contributed by atoms with Crippen LogP contribution >= 0.6 is 23.1 Å². The first-order valence-corrected chi connectivity index (χ1v) is 11.5. The zero-order chi connectivity index (χ0) is 20.4. The van der Waals surface area contributed by atoms with Crippen LogP contribution < -0.4 is 10.9 Å². The van der Waals surface area contributed by atoms with Crippen LogP contribution in [-0.4, -0.2) is 27.8 Å². The summed E-state index contributed by atoms with van der Waals surface area (Å²) >= 11 is 2.89. The number of nitrogens with zero attached hydrogens (tertiary/aromatic N) is 2. The van der Waals surface area contributed by atoms with Crippen LogP contribution in [0.5, 0.6) is 0 Å². The van der Waals surface area contributed by atoms with E-state index in [1.54, 1.807) is 35.1 Å². The van der Waals surface area contributed by atoms with Gasteiger partial charge in [0.05, 0.1) is 11.1 Å². The first-order valence-electron chi connectivity index (χ1n) is 9.68. The van der Waals surface area contributed by atoms with E-state index < -0.39 is 0 Å². The predicted octanol–water partition coefficient (Wildman–Crippen LogP) is 3.46. The zero-order valence-electron chi connectivity index (χ0n) is 16.2. The van der Waals surface area contributed by atoms with Gasteiger partial charge in [0.1, 0.15) is 10.6 Å². The molecule has 0 bridgehead atoms. The topological polar surface area (TPSA) is 64.0 Å². The number of amides is 1. The molecule has 8 heteroatoms. The van der Waals surface area contributed by atoms with Crippen LogP contribution in [0, 0.1) is 5.82 Å². The van der Waals surface area contributed by atoms with Gasteiger partial charge in [-0.25, -0.2) is 9.37 Å². The number of aryl methyl sites for hydroxylation is 2. The largest absolute Gasteiger partial charge is 0.355 e. The second-order valence-corrected chi connectivity index (χ2v) is 9.19. The molecule has 4 rings (SSSR count). The number of halogens is 1. The molecule has 3 aromatic rings. The van der Waals surface area contributed by atoms with Crippen LogP contribution in [0.2, 0.25) is 0 Å². The van der Waals surface area contributed by atoms with E-state index in [0.29, 0.717) is 18.1 Å². The van der Waals surface area contributed by atoms with Crippen LogP contribution in [0.1, 0.15) is 28.8 Å². The van der Waals surface area contributed by atoms with E-state index in [4.69, 9.17) is 0 Å². The molecule has 0 saturated carbocycles. The molecule has 0 spiro atoms. The van der Waals surface area contributed by atoms with Crippen molar-refractivity contribution < 1.29 is 9.18 Å². The van der Waals surface area contributed by atoms with Gasteiger partial charge in [0.2, 0.25) is 5.91 Å². The number of rotatable bonds is 6. The van der Waals surface area contributed by atoms with Gasteiger partial charge in [-0.05, 0) is 55.4 Å². The zero-order valence-corrected chi connectivity index (χ0v) is 17.8. The molecule has 1 aromatic carbocycles. The lowest BCUT2D eigenvalue weighted by Crippen LogP contribution is -2.28. The highest BCUT2D eigenvalue weighted by Crippen LogP contribution is 2.34. The minimum atomic E-state index is -0.268. The van der Waals surface area contributed by atoms with Crippen LogP contribution in [0.4, 0.5) is 4.39 Å². The number of aromatic nitrogens is 2. The van der Waals surface area contributed by atoms with E-state index in [1.165, 1.54) is 40.8 Å². The molecule has 1 aliphatic rings. The number of carbonyl (C=O) groups is 1. The molecule has 5 nitrogen and oxygen atoms in total. The highest BCUT2D eigenvalue weighted by atomic mass is 32.2. The van der Waals surface area contributed by atoms with Crippen LogP contribution in [0.15, 0.2) is 34.2 Å². The minimum absolute atomic E-state index is 0.0198. The highest BCUT2D eigenvalue weighted by molar-refractivity contribution is 7.99. The Balaban J connectivity index is 1.39. The number of thiophene rings is 1. The van der Waals surface area contributed by atoms with Crippen molar-refractivity contribution >= 4 is 39.2 Å². The van der Waals surface area contributed by atoms with E-state index >= 15 is 0 Å². The third kappa shape index (κ3) is 4.38. The van der Waals surface area contributed by atoms with Crippen molar-refractivity contribution in [1.29, 1.82) is 0 Å². The molecule has 0 saturated heterocycles. The second kappa shape index (κ2) is 8.67. The maximum absolute atomic E-state index is 12.9. The summed E-state index contributed by atoms with van der Waals surface area (Å²) in [5, 5.41) is 4.19. The SMILES string of the molecule is Cn1c(SCC(=O)NCCc2ccc(F)cc2)nc2sc3c(c2c1=O)CCCC3. The van der Waals surface area contributed by atoms with Gasteiger partial charge in [0, 0.05) is 18.5 Å². The monoisotopic (exact) mass is 431 g/mol. The molecule has 2 aromatic heterocycles. The Hall–Kier alpha value is -2.19. The van der Waals surface area contributed by atoms with Gasteiger partial charge >= 0.3 is 0 Å². The molecule has 1 N–H and O–H groups in total. The van der Waals surface area contributed by atoms with Crippen LogP contribution in [0.3, 0.4) is 0 Å². The van der Waals surface area contributed by atoms with E-state index in [1.807, 2.05) is 0 Å². The lowest BCUT2D eigenvalue weighted by Gasteiger charge is -2.11. The Kier molecular flexibility index (Phi) is 6.01. The molecule has 1 amide bonds. The molecule has 2 heterocycles. The minimum Gasteiger partial charge on any atom is -0.355 e. The standard InChI is InChI=1S/C21H22FN3O2S2/c1-25-20(27)18-15-4-2-3-5-16(15)29-19(18)24-21(25)28-12-17(26)23-11-10-13-6-8-14(22)9-7-13/h6-9H,2-5,10-12H2,1H3,(H,23,26). The van der Waals surface area contributed by atoms with Crippen LogP contribution in [0.25, 0.3) is 10.2 Å². The van der Waals surface area contributed by atoms with Gasteiger partial charge in [-0.2, -0.15) is 0 Å². The maximum Gasteiger partial charge on any atom is 0.262 e. The number of hydrogen-bond acceptors (Lipinski definition) is 5. The van der Waals surface area contributed by atoms with Crippen molar-refractivity contribution in [2.75, 3.05) is 12.3 Å². The van der Waals surface area contributed by atoms with E-state index in [-0.39, 0.29) is 23.0 Å². The van der Waals surface area contributed by atoms with Crippen LogP contribution in [-0.2, 0) is 31.1 Å². The Morgan fingerprint density at radius 2 is 2.03 bits per heavy atom.